The van der Waals surface area contributed by atoms with Crippen molar-refractivity contribution >= 4 is 11.6 Å². The minimum absolute atomic E-state index is 0.365. The van der Waals surface area contributed by atoms with Gasteiger partial charge in [0.2, 0.25) is 5.91 Å². The van der Waals surface area contributed by atoms with Crippen LogP contribution in [0.3, 0.4) is 0 Å². The first-order valence-corrected chi connectivity index (χ1v) is 6.73. The highest BCUT2D eigenvalue weighted by atomic mass is 16.1. The molecule has 0 radical (unpaired) electrons. The molecule has 2 unspecified atom stereocenters. The molecule has 1 amide bonds. The Balaban J connectivity index is 2.07. The van der Waals surface area contributed by atoms with E-state index in [4.69, 9.17) is 5.73 Å². The van der Waals surface area contributed by atoms with Gasteiger partial charge in [-0.3, -0.25) is 4.79 Å². The molecule has 3 N–H and O–H groups in total. The van der Waals surface area contributed by atoms with Gasteiger partial charge in [-0.25, -0.2) is 0 Å². The molecule has 98 valence electrons. The number of nitrogens with two attached hydrogens (primary N) is 1. The number of anilines is 1. The highest BCUT2D eigenvalue weighted by Gasteiger charge is 2.19. The Morgan fingerprint density at radius 2 is 2.17 bits per heavy atom. The molecule has 3 heteroatoms. The summed E-state index contributed by atoms with van der Waals surface area (Å²) < 4.78 is 0. The predicted molar refractivity (Wildman–Crippen MR) is 74.7 cm³/mol. The molecule has 1 aliphatic carbocycles. The molecule has 1 aromatic carbocycles. The fourth-order valence-electron chi connectivity index (χ4n) is 2.76. The third kappa shape index (κ3) is 3.03. The number of nitrogens with one attached hydrogen (secondary N) is 1. The van der Waals surface area contributed by atoms with Gasteiger partial charge in [0.25, 0.3) is 0 Å². The summed E-state index contributed by atoms with van der Waals surface area (Å²) in [4.78, 5) is 11.1. The number of carbonyl (C=O) groups excluding carboxylic acids is 1. The maximum atomic E-state index is 11.1. The summed E-state index contributed by atoms with van der Waals surface area (Å²) >= 11 is 0. The number of hydrogen-bond acceptors (Lipinski definition) is 2. The van der Waals surface area contributed by atoms with Crippen LogP contribution in [0.5, 0.6) is 0 Å². The van der Waals surface area contributed by atoms with E-state index in [-0.39, 0.29) is 5.91 Å². The second-order valence-electron chi connectivity index (χ2n) is 5.51. The Bertz CT molecular complexity index is 442. The van der Waals surface area contributed by atoms with Gasteiger partial charge < -0.3 is 11.1 Å². The van der Waals surface area contributed by atoms with Crippen LogP contribution in [0.2, 0.25) is 0 Å². The van der Waals surface area contributed by atoms with Gasteiger partial charge in [0, 0.05) is 17.3 Å². The van der Waals surface area contributed by atoms with Gasteiger partial charge in [0.1, 0.15) is 0 Å². The first kappa shape index (κ1) is 12.9. The standard InChI is InChI=1S/C15H22N2O/c1-10-4-3-5-13(8-10)17-14-7-6-12(15(16)18)9-11(14)2/h6-7,9-10,13,17H,3-5,8H2,1-2H3,(H2,16,18). The van der Waals surface area contributed by atoms with Crippen LogP contribution >= 0.6 is 0 Å². The summed E-state index contributed by atoms with van der Waals surface area (Å²) in [5.41, 5.74) is 8.07. The van der Waals surface area contributed by atoms with Crippen molar-refractivity contribution in [3.63, 3.8) is 0 Å². The van der Waals surface area contributed by atoms with E-state index in [1.807, 2.05) is 19.1 Å². The van der Waals surface area contributed by atoms with Gasteiger partial charge >= 0.3 is 0 Å². The molecule has 1 saturated carbocycles. The van der Waals surface area contributed by atoms with E-state index in [1.54, 1.807) is 6.07 Å². The van der Waals surface area contributed by atoms with Gasteiger partial charge in [-0.15, -0.1) is 0 Å². The number of hydrogen-bond donors (Lipinski definition) is 2. The van der Waals surface area contributed by atoms with Crippen LogP contribution < -0.4 is 11.1 Å². The Morgan fingerprint density at radius 3 is 2.78 bits per heavy atom. The number of aryl methyl sites for hydroxylation is 1. The minimum atomic E-state index is -0.365. The highest BCUT2D eigenvalue weighted by Crippen LogP contribution is 2.27. The predicted octanol–water partition coefficient (Wildman–Crippen LogP) is 3.08. The molecule has 3 nitrogen and oxygen atoms in total. The molecule has 1 aliphatic rings. The molecular weight excluding hydrogens is 224 g/mol. The van der Waals surface area contributed by atoms with Crippen molar-refractivity contribution < 1.29 is 4.79 Å². The SMILES string of the molecule is Cc1cc(C(N)=O)ccc1NC1CCCC(C)C1. The summed E-state index contributed by atoms with van der Waals surface area (Å²) in [6.07, 6.45) is 5.12. The van der Waals surface area contributed by atoms with Crippen LogP contribution in [0.1, 0.15) is 48.5 Å². The van der Waals surface area contributed by atoms with Gasteiger partial charge in [0.15, 0.2) is 0 Å². The first-order valence-electron chi connectivity index (χ1n) is 6.73. The number of rotatable bonds is 3. The molecular formula is C15H22N2O. The molecule has 0 saturated heterocycles. The smallest absolute Gasteiger partial charge is 0.248 e. The van der Waals surface area contributed by atoms with Crippen LogP contribution in [-0.4, -0.2) is 11.9 Å². The third-order valence-electron chi connectivity index (χ3n) is 3.81. The Labute approximate surface area is 109 Å². The summed E-state index contributed by atoms with van der Waals surface area (Å²) in [6.45, 7) is 4.33. The van der Waals surface area contributed by atoms with E-state index in [2.05, 4.69) is 12.2 Å². The third-order valence-corrected chi connectivity index (χ3v) is 3.81. The van der Waals surface area contributed by atoms with Gasteiger partial charge in [-0.1, -0.05) is 19.8 Å². The van der Waals surface area contributed by atoms with E-state index in [1.165, 1.54) is 25.7 Å². The van der Waals surface area contributed by atoms with Crippen LogP contribution in [0.4, 0.5) is 5.69 Å². The molecule has 2 rings (SSSR count). The molecule has 0 spiro atoms. The molecule has 2 atom stereocenters. The van der Waals surface area contributed by atoms with Crippen molar-refractivity contribution in [3.8, 4) is 0 Å². The second-order valence-corrected chi connectivity index (χ2v) is 5.51. The maximum Gasteiger partial charge on any atom is 0.248 e. The lowest BCUT2D eigenvalue weighted by Gasteiger charge is -2.29. The van der Waals surface area contributed by atoms with Crippen LogP contribution in [0.25, 0.3) is 0 Å². The van der Waals surface area contributed by atoms with Crippen molar-refractivity contribution in [2.45, 2.75) is 45.6 Å². The van der Waals surface area contributed by atoms with E-state index >= 15 is 0 Å². The summed E-state index contributed by atoms with van der Waals surface area (Å²) in [7, 11) is 0. The number of carbonyl (C=O) groups is 1. The maximum absolute atomic E-state index is 11.1. The molecule has 1 fully saturated rings. The minimum Gasteiger partial charge on any atom is -0.382 e. The normalized spacial score (nSPS) is 23.7. The number of amides is 1. The van der Waals surface area contributed by atoms with Crippen LogP contribution in [0, 0.1) is 12.8 Å². The number of primary amides is 1. The Kier molecular flexibility index (Phi) is 3.90. The first-order chi connectivity index (χ1) is 8.56. The quantitative estimate of drug-likeness (QED) is 0.861. The average Bonchev–Trinajstić information content (AvgIpc) is 2.31. The van der Waals surface area contributed by atoms with E-state index < -0.39 is 0 Å². The topological polar surface area (TPSA) is 55.1 Å². The van der Waals surface area contributed by atoms with E-state index in [0.29, 0.717) is 11.6 Å². The summed E-state index contributed by atoms with van der Waals surface area (Å²) in [5.74, 6) is 0.442. The summed E-state index contributed by atoms with van der Waals surface area (Å²) in [5, 5.41) is 3.59. The van der Waals surface area contributed by atoms with E-state index in [0.717, 1.165) is 17.2 Å². The zero-order valence-corrected chi connectivity index (χ0v) is 11.2. The van der Waals surface area contributed by atoms with Crippen molar-refractivity contribution in [1.82, 2.24) is 0 Å². The van der Waals surface area contributed by atoms with Crippen molar-refractivity contribution in [2.75, 3.05) is 5.32 Å². The van der Waals surface area contributed by atoms with Gasteiger partial charge in [-0.2, -0.15) is 0 Å². The Hall–Kier alpha value is -1.51. The molecule has 18 heavy (non-hydrogen) atoms. The molecule has 1 aromatic rings. The highest BCUT2D eigenvalue weighted by molar-refractivity contribution is 5.93. The molecule has 0 heterocycles. The fraction of sp³-hybridized carbons (Fsp3) is 0.533. The lowest BCUT2D eigenvalue weighted by molar-refractivity contribution is 0.1000. The molecule has 0 bridgehead atoms. The van der Waals surface area contributed by atoms with Crippen LogP contribution in [0.15, 0.2) is 18.2 Å². The van der Waals surface area contributed by atoms with E-state index in [9.17, 15) is 4.79 Å². The van der Waals surface area contributed by atoms with Gasteiger partial charge in [-0.05, 0) is 49.4 Å². The zero-order chi connectivity index (χ0) is 13.1. The van der Waals surface area contributed by atoms with Crippen molar-refractivity contribution in [1.29, 1.82) is 0 Å². The monoisotopic (exact) mass is 246 g/mol. The second kappa shape index (κ2) is 5.42. The van der Waals surface area contributed by atoms with Crippen LogP contribution in [-0.2, 0) is 0 Å². The fourth-order valence-corrected chi connectivity index (χ4v) is 2.76. The largest absolute Gasteiger partial charge is 0.382 e. The average molecular weight is 246 g/mol. The van der Waals surface area contributed by atoms with Gasteiger partial charge in [0.05, 0.1) is 0 Å². The zero-order valence-electron chi connectivity index (χ0n) is 11.2. The molecule has 0 aliphatic heterocycles. The lowest BCUT2D eigenvalue weighted by atomic mass is 9.87. The van der Waals surface area contributed by atoms with Crippen molar-refractivity contribution in [2.24, 2.45) is 11.7 Å². The summed E-state index contributed by atoms with van der Waals surface area (Å²) in [6, 6.07) is 6.18. The lowest BCUT2D eigenvalue weighted by Crippen LogP contribution is -2.26. The van der Waals surface area contributed by atoms with Crippen molar-refractivity contribution in [3.05, 3.63) is 29.3 Å². The Morgan fingerprint density at radius 1 is 1.39 bits per heavy atom. The number of benzene rings is 1. The molecule has 0 aromatic heterocycles.